The lowest BCUT2D eigenvalue weighted by Crippen LogP contribution is -2.63. The SMILES string of the molecule is CC(NC(=O)CN1C(=O)c2ccccc2N2C(=O)CCC12C)c1ccc(N2CCOCC2)cc1. The molecule has 34 heavy (non-hydrogen) atoms. The minimum Gasteiger partial charge on any atom is -0.378 e. The molecule has 2 atom stereocenters. The average Bonchev–Trinajstić information content (AvgIpc) is 3.17. The Bertz CT molecular complexity index is 1110. The Labute approximate surface area is 199 Å². The third kappa shape index (κ3) is 3.81. The molecule has 2 aromatic rings. The molecule has 3 amide bonds. The summed E-state index contributed by atoms with van der Waals surface area (Å²) in [6.07, 6.45) is 0.847. The molecule has 3 aliphatic rings. The highest BCUT2D eigenvalue weighted by Gasteiger charge is 2.53. The van der Waals surface area contributed by atoms with Gasteiger partial charge in [-0.3, -0.25) is 19.3 Å². The lowest BCUT2D eigenvalue weighted by Gasteiger charge is -2.48. The molecule has 0 aliphatic carbocycles. The van der Waals surface area contributed by atoms with Crippen LogP contribution in [0.25, 0.3) is 0 Å². The van der Waals surface area contributed by atoms with Crippen LogP contribution in [0.1, 0.15) is 48.7 Å². The summed E-state index contributed by atoms with van der Waals surface area (Å²) in [5, 5.41) is 3.03. The zero-order chi connectivity index (χ0) is 23.9. The lowest BCUT2D eigenvalue weighted by atomic mass is 9.98. The quantitative estimate of drug-likeness (QED) is 0.739. The molecule has 8 nitrogen and oxygen atoms in total. The van der Waals surface area contributed by atoms with Crippen LogP contribution in [0.2, 0.25) is 0 Å². The van der Waals surface area contributed by atoms with E-state index in [9.17, 15) is 14.4 Å². The Morgan fingerprint density at radius 1 is 1.09 bits per heavy atom. The molecule has 3 aliphatic heterocycles. The first-order chi connectivity index (χ1) is 16.4. The first-order valence-electron chi connectivity index (χ1n) is 11.8. The van der Waals surface area contributed by atoms with Crippen molar-refractivity contribution >= 4 is 29.1 Å². The molecule has 2 unspecified atom stereocenters. The fraction of sp³-hybridized carbons (Fsp3) is 0.423. The first-order valence-corrected chi connectivity index (χ1v) is 11.8. The van der Waals surface area contributed by atoms with Crippen LogP contribution in [0.3, 0.4) is 0 Å². The molecule has 178 valence electrons. The number of carbonyl (C=O) groups is 3. The zero-order valence-corrected chi connectivity index (χ0v) is 19.6. The Balaban J connectivity index is 1.29. The van der Waals surface area contributed by atoms with E-state index in [1.807, 2.05) is 32.0 Å². The van der Waals surface area contributed by atoms with E-state index in [2.05, 4.69) is 22.3 Å². The van der Waals surface area contributed by atoms with Crippen LogP contribution in [0.4, 0.5) is 11.4 Å². The van der Waals surface area contributed by atoms with Gasteiger partial charge in [0, 0.05) is 25.2 Å². The second-order valence-corrected chi connectivity index (χ2v) is 9.33. The normalized spacial score (nSPS) is 22.9. The largest absolute Gasteiger partial charge is 0.378 e. The number of benzene rings is 2. The predicted octanol–water partition coefficient (Wildman–Crippen LogP) is 2.70. The summed E-state index contributed by atoms with van der Waals surface area (Å²) in [6.45, 7) is 6.90. The van der Waals surface area contributed by atoms with Crippen molar-refractivity contribution in [2.75, 3.05) is 42.6 Å². The zero-order valence-electron chi connectivity index (χ0n) is 19.6. The second-order valence-electron chi connectivity index (χ2n) is 9.33. The number of nitrogens with zero attached hydrogens (tertiary/aromatic N) is 3. The molecular weight excluding hydrogens is 432 g/mol. The maximum absolute atomic E-state index is 13.3. The summed E-state index contributed by atoms with van der Waals surface area (Å²) in [6, 6.07) is 15.1. The number of amides is 3. The van der Waals surface area contributed by atoms with Crippen molar-refractivity contribution in [1.29, 1.82) is 0 Å². The summed E-state index contributed by atoms with van der Waals surface area (Å²) in [5.74, 6) is -0.499. The third-order valence-electron chi connectivity index (χ3n) is 7.19. The molecule has 5 rings (SSSR count). The molecule has 0 radical (unpaired) electrons. The molecule has 2 fully saturated rings. The molecule has 1 N–H and O–H groups in total. The topological polar surface area (TPSA) is 82.2 Å². The van der Waals surface area contributed by atoms with Crippen molar-refractivity contribution in [1.82, 2.24) is 10.2 Å². The van der Waals surface area contributed by atoms with Gasteiger partial charge in [0.1, 0.15) is 12.2 Å². The summed E-state index contributed by atoms with van der Waals surface area (Å²) < 4.78 is 5.42. The van der Waals surface area contributed by atoms with Gasteiger partial charge in [-0.1, -0.05) is 24.3 Å². The molecule has 0 bridgehead atoms. The third-order valence-corrected chi connectivity index (χ3v) is 7.19. The monoisotopic (exact) mass is 462 g/mol. The van der Waals surface area contributed by atoms with Crippen LogP contribution in [-0.4, -0.2) is 61.1 Å². The minimum absolute atomic E-state index is 0.0263. The Hall–Kier alpha value is -3.39. The van der Waals surface area contributed by atoms with E-state index < -0.39 is 5.66 Å². The van der Waals surface area contributed by atoms with Crippen LogP contribution >= 0.6 is 0 Å². The number of rotatable bonds is 5. The van der Waals surface area contributed by atoms with E-state index in [4.69, 9.17) is 4.74 Å². The van der Waals surface area contributed by atoms with Crippen LogP contribution < -0.4 is 15.1 Å². The van der Waals surface area contributed by atoms with Crippen LogP contribution in [0.15, 0.2) is 48.5 Å². The fourth-order valence-corrected chi connectivity index (χ4v) is 5.25. The summed E-state index contributed by atoms with van der Waals surface area (Å²) in [7, 11) is 0. The predicted molar refractivity (Wildman–Crippen MR) is 129 cm³/mol. The summed E-state index contributed by atoms with van der Waals surface area (Å²) >= 11 is 0. The number of para-hydroxylation sites is 1. The van der Waals surface area contributed by atoms with Crippen molar-refractivity contribution in [3.8, 4) is 0 Å². The number of nitrogens with one attached hydrogen (secondary N) is 1. The van der Waals surface area contributed by atoms with Gasteiger partial charge in [0.2, 0.25) is 11.8 Å². The number of hydrogen-bond acceptors (Lipinski definition) is 5. The van der Waals surface area contributed by atoms with Gasteiger partial charge in [0.05, 0.1) is 30.5 Å². The van der Waals surface area contributed by atoms with Gasteiger partial charge >= 0.3 is 0 Å². The Morgan fingerprint density at radius 2 is 1.79 bits per heavy atom. The highest BCUT2D eigenvalue weighted by atomic mass is 16.5. The van der Waals surface area contributed by atoms with Gasteiger partial charge < -0.3 is 19.9 Å². The molecule has 3 heterocycles. The van der Waals surface area contributed by atoms with Gasteiger partial charge in [-0.2, -0.15) is 0 Å². The van der Waals surface area contributed by atoms with Crippen LogP contribution in [-0.2, 0) is 14.3 Å². The maximum Gasteiger partial charge on any atom is 0.258 e. The van der Waals surface area contributed by atoms with Gasteiger partial charge in [0.25, 0.3) is 5.91 Å². The maximum atomic E-state index is 13.3. The number of fused-ring (bicyclic) bond motifs is 3. The standard InChI is InChI=1S/C26H30N4O4/c1-18(19-7-9-20(10-8-19)28-13-15-34-16-14-28)27-23(31)17-29-25(33)21-5-3-4-6-22(21)30-24(32)11-12-26(29,30)2/h3-10,18H,11-17H2,1-2H3,(H,27,31). The smallest absolute Gasteiger partial charge is 0.258 e. The van der Waals surface area contributed by atoms with Gasteiger partial charge in [0.15, 0.2) is 0 Å². The molecule has 2 aromatic carbocycles. The lowest BCUT2D eigenvalue weighted by molar-refractivity contribution is -0.124. The number of ether oxygens (including phenoxy) is 1. The van der Waals surface area contributed by atoms with Crippen LogP contribution in [0.5, 0.6) is 0 Å². The number of morpholine rings is 1. The van der Waals surface area contributed by atoms with E-state index in [-0.39, 0.29) is 30.3 Å². The number of carbonyl (C=O) groups excluding carboxylic acids is 3. The van der Waals surface area contributed by atoms with E-state index >= 15 is 0 Å². The van der Waals surface area contributed by atoms with Gasteiger partial charge in [-0.25, -0.2) is 0 Å². The van der Waals surface area contributed by atoms with E-state index in [0.717, 1.165) is 37.6 Å². The van der Waals surface area contributed by atoms with Gasteiger partial charge in [-0.05, 0) is 50.1 Å². The van der Waals surface area contributed by atoms with E-state index in [1.54, 1.807) is 28.0 Å². The van der Waals surface area contributed by atoms with Crippen LogP contribution in [0, 0.1) is 0 Å². The molecule has 0 saturated carbocycles. The number of hydrogen-bond donors (Lipinski definition) is 1. The van der Waals surface area contributed by atoms with Crippen molar-refractivity contribution in [2.45, 2.75) is 38.4 Å². The molecule has 0 spiro atoms. The average molecular weight is 463 g/mol. The summed E-state index contributed by atoms with van der Waals surface area (Å²) in [4.78, 5) is 44.6. The number of anilines is 2. The Morgan fingerprint density at radius 3 is 2.53 bits per heavy atom. The van der Waals surface area contributed by atoms with Crippen molar-refractivity contribution < 1.29 is 19.1 Å². The first kappa shape index (κ1) is 22.4. The van der Waals surface area contributed by atoms with Crippen molar-refractivity contribution in [3.05, 3.63) is 59.7 Å². The molecular formula is C26H30N4O4. The van der Waals surface area contributed by atoms with Gasteiger partial charge in [-0.15, -0.1) is 0 Å². The van der Waals surface area contributed by atoms with E-state index in [0.29, 0.717) is 24.1 Å². The van der Waals surface area contributed by atoms with Crippen molar-refractivity contribution in [3.63, 3.8) is 0 Å². The summed E-state index contributed by atoms with van der Waals surface area (Å²) in [5.41, 5.74) is 2.37. The fourth-order valence-electron chi connectivity index (χ4n) is 5.25. The van der Waals surface area contributed by atoms with E-state index in [1.165, 1.54) is 0 Å². The Kier molecular flexibility index (Phi) is 5.77. The second kappa shape index (κ2) is 8.76. The molecule has 2 saturated heterocycles. The van der Waals surface area contributed by atoms with Crippen molar-refractivity contribution in [2.24, 2.45) is 0 Å². The highest BCUT2D eigenvalue weighted by Crippen LogP contribution is 2.43. The molecule has 0 aromatic heterocycles. The molecule has 8 heteroatoms. The minimum atomic E-state index is -0.844. The highest BCUT2D eigenvalue weighted by molar-refractivity contribution is 6.11.